The fourth-order valence-electron chi connectivity index (χ4n) is 2.89. The van der Waals surface area contributed by atoms with Gasteiger partial charge in [0.15, 0.2) is 0 Å². The van der Waals surface area contributed by atoms with Gasteiger partial charge in [-0.1, -0.05) is 17.7 Å². The highest BCUT2D eigenvalue weighted by atomic mass is 16.3. The van der Waals surface area contributed by atoms with Gasteiger partial charge >= 0.3 is 0 Å². The molecule has 0 saturated heterocycles. The van der Waals surface area contributed by atoms with Crippen LogP contribution in [0.15, 0.2) is 18.3 Å². The molecule has 0 saturated carbocycles. The lowest BCUT2D eigenvalue weighted by Crippen LogP contribution is -1.92. The molecule has 2 aromatic heterocycles. The topological polar surface area (TPSA) is 61.8 Å². The smallest absolute Gasteiger partial charge is 0.239 e. The number of hydrogen-bond acceptors (Lipinski definition) is 3. The number of aromatic hydroxyl groups is 1. The van der Waals surface area contributed by atoms with Gasteiger partial charge in [-0.3, -0.25) is 0 Å². The lowest BCUT2D eigenvalue weighted by molar-refractivity contribution is 0.456. The van der Waals surface area contributed by atoms with E-state index in [1.54, 1.807) is 6.92 Å². The summed E-state index contributed by atoms with van der Waals surface area (Å²) in [4.78, 5) is 11.5. The van der Waals surface area contributed by atoms with Crippen molar-refractivity contribution in [3.05, 3.63) is 40.8 Å². The minimum Gasteiger partial charge on any atom is -0.492 e. The average molecular weight is 267 g/mol. The Morgan fingerprint density at radius 2 is 1.65 bits per heavy atom. The van der Waals surface area contributed by atoms with Gasteiger partial charge in [0, 0.05) is 11.8 Å². The molecule has 4 nitrogen and oxygen atoms in total. The summed E-state index contributed by atoms with van der Waals surface area (Å²) in [6, 6.07) is 4.32. The molecule has 0 fully saturated rings. The second-order valence-electron chi connectivity index (χ2n) is 5.29. The van der Waals surface area contributed by atoms with Crippen molar-refractivity contribution >= 4 is 11.0 Å². The zero-order chi connectivity index (χ0) is 14.4. The Balaban J connectivity index is 2.36. The number of nitrogens with zero attached hydrogens (tertiary/aromatic N) is 2. The standard InChI is InChI=1S/C16H17N3O/c1-8-5-9(2)13(10(3)6-8)12-7-17-15-14(12)18-11(4)19-16(15)20/h5-7,17H,1-4H3,(H,18,19,20). The van der Waals surface area contributed by atoms with Crippen LogP contribution in [0.1, 0.15) is 22.5 Å². The fraction of sp³-hybridized carbons (Fsp3) is 0.250. The van der Waals surface area contributed by atoms with Gasteiger partial charge in [0.25, 0.3) is 0 Å². The molecule has 0 unspecified atom stereocenters. The van der Waals surface area contributed by atoms with Crippen molar-refractivity contribution < 1.29 is 5.11 Å². The number of benzene rings is 1. The normalized spacial score (nSPS) is 11.2. The van der Waals surface area contributed by atoms with E-state index in [1.807, 2.05) is 6.20 Å². The molecule has 0 radical (unpaired) electrons. The summed E-state index contributed by atoms with van der Waals surface area (Å²) in [7, 11) is 0. The molecule has 0 amide bonds. The van der Waals surface area contributed by atoms with Gasteiger partial charge in [-0.15, -0.1) is 0 Å². The van der Waals surface area contributed by atoms with E-state index in [9.17, 15) is 5.11 Å². The quantitative estimate of drug-likeness (QED) is 0.708. The van der Waals surface area contributed by atoms with E-state index in [0.717, 1.165) is 11.1 Å². The second kappa shape index (κ2) is 4.34. The summed E-state index contributed by atoms with van der Waals surface area (Å²) in [5, 5.41) is 9.91. The Bertz CT molecular complexity index is 795. The number of rotatable bonds is 1. The molecular weight excluding hydrogens is 250 g/mol. The van der Waals surface area contributed by atoms with Gasteiger partial charge in [-0.25, -0.2) is 4.98 Å². The van der Waals surface area contributed by atoms with E-state index < -0.39 is 0 Å². The highest BCUT2D eigenvalue weighted by molar-refractivity contribution is 5.96. The number of aromatic amines is 1. The predicted molar refractivity (Wildman–Crippen MR) is 79.9 cm³/mol. The van der Waals surface area contributed by atoms with Crippen molar-refractivity contribution in [3.8, 4) is 17.0 Å². The van der Waals surface area contributed by atoms with Crippen LogP contribution in [0.2, 0.25) is 0 Å². The molecule has 0 spiro atoms. The minimum atomic E-state index is 0.00108. The molecule has 2 N–H and O–H groups in total. The molecule has 3 rings (SSSR count). The first-order valence-corrected chi connectivity index (χ1v) is 6.60. The van der Waals surface area contributed by atoms with E-state index in [4.69, 9.17) is 0 Å². The zero-order valence-electron chi connectivity index (χ0n) is 12.1. The lowest BCUT2D eigenvalue weighted by atomic mass is 9.95. The zero-order valence-corrected chi connectivity index (χ0v) is 12.1. The van der Waals surface area contributed by atoms with Crippen LogP contribution >= 0.6 is 0 Å². The largest absolute Gasteiger partial charge is 0.492 e. The Labute approximate surface area is 117 Å². The van der Waals surface area contributed by atoms with Crippen molar-refractivity contribution in [2.24, 2.45) is 0 Å². The monoisotopic (exact) mass is 267 g/mol. The summed E-state index contributed by atoms with van der Waals surface area (Å²) in [5.74, 6) is 0.569. The van der Waals surface area contributed by atoms with E-state index in [-0.39, 0.29) is 5.88 Å². The van der Waals surface area contributed by atoms with Gasteiger partial charge in [-0.2, -0.15) is 4.98 Å². The molecule has 0 bridgehead atoms. The van der Waals surface area contributed by atoms with Gasteiger partial charge in [0.1, 0.15) is 16.9 Å². The molecule has 3 aromatic rings. The molecule has 0 atom stereocenters. The first-order valence-electron chi connectivity index (χ1n) is 6.60. The van der Waals surface area contributed by atoms with Crippen molar-refractivity contribution in [2.75, 3.05) is 0 Å². The van der Waals surface area contributed by atoms with Crippen molar-refractivity contribution in [2.45, 2.75) is 27.7 Å². The summed E-state index contributed by atoms with van der Waals surface area (Å²) >= 11 is 0. The maximum Gasteiger partial charge on any atom is 0.239 e. The third kappa shape index (κ3) is 1.84. The van der Waals surface area contributed by atoms with Crippen molar-refractivity contribution in [1.29, 1.82) is 0 Å². The van der Waals surface area contributed by atoms with Gasteiger partial charge in [0.05, 0.1) is 0 Å². The van der Waals surface area contributed by atoms with Crippen LogP contribution in [0.3, 0.4) is 0 Å². The van der Waals surface area contributed by atoms with Crippen LogP contribution in [-0.2, 0) is 0 Å². The van der Waals surface area contributed by atoms with E-state index in [2.05, 4.69) is 47.9 Å². The van der Waals surface area contributed by atoms with Crippen LogP contribution in [0, 0.1) is 27.7 Å². The first-order chi connectivity index (χ1) is 9.47. The highest BCUT2D eigenvalue weighted by Crippen LogP contribution is 2.35. The highest BCUT2D eigenvalue weighted by Gasteiger charge is 2.15. The van der Waals surface area contributed by atoms with Crippen molar-refractivity contribution in [1.82, 2.24) is 15.0 Å². The third-order valence-electron chi connectivity index (χ3n) is 3.56. The van der Waals surface area contributed by atoms with Crippen LogP contribution in [0.5, 0.6) is 5.88 Å². The van der Waals surface area contributed by atoms with Gasteiger partial charge in [0.2, 0.25) is 5.88 Å². The van der Waals surface area contributed by atoms with Crippen LogP contribution in [0.25, 0.3) is 22.2 Å². The fourth-order valence-corrected chi connectivity index (χ4v) is 2.89. The van der Waals surface area contributed by atoms with Crippen LogP contribution < -0.4 is 0 Å². The number of aromatic nitrogens is 3. The van der Waals surface area contributed by atoms with E-state index in [1.165, 1.54) is 22.3 Å². The summed E-state index contributed by atoms with van der Waals surface area (Å²) in [5.41, 5.74) is 7.20. The number of fused-ring (bicyclic) bond motifs is 1. The van der Waals surface area contributed by atoms with Crippen LogP contribution in [-0.4, -0.2) is 20.1 Å². The number of aryl methyl sites for hydroxylation is 4. The lowest BCUT2D eigenvalue weighted by Gasteiger charge is -2.10. The average Bonchev–Trinajstić information content (AvgIpc) is 2.72. The Hall–Kier alpha value is -2.36. The molecule has 20 heavy (non-hydrogen) atoms. The van der Waals surface area contributed by atoms with Gasteiger partial charge < -0.3 is 10.1 Å². The Morgan fingerprint density at radius 3 is 2.30 bits per heavy atom. The third-order valence-corrected chi connectivity index (χ3v) is 3.56. The second-order valence-corrected chi connectivity index (χ2v) is 5.29. The van der Waals surface area contributed by atoms with Crippen molar-refractivity contribution in [3.63, 3.8) is 0 Å². The molecule has 1 aromatic carbocycles. The molecule has 102 valence electrons. The van der Waals surface area contributed by atoms with Gasteiger partial charge in [-0.05, 0) is 44.4 Å². The summed E-state index contributed by atoms with van der Waals surface area (Å²) in [6.07, 6.45) is 1.89. The molecule has 0 aliphatic carbocycles. The maximum atomic E-state index is 9.91. The first kappa shape index (κ1) is 12.7. The minimum absolute atomic E-state index is 0.00108. The SMILES string of the molecule is Cc1cc(C)c(-c2c[nH]c3c(O)nc(C)nc23)c(C)c1. The molecular formula is C16H17N3O. The van der Waals surface area contributed by atoms with E-state index >= 15 is 0 Å². The number of nitrogens with one attached hydrogen (secondary N) is 1. The number of hydrogen-bond donors (Lipinski definition) is 2. The Kier molecular flexibility index (Phi) is 2.74. The summed E-state index contributed by atoms with van der Waals surface area (Å²) in [6.45, 7) is 8.08. The predicted octanol–water partition coefficient (Wildman–Crippen LogP) is 3.56. The molecule has 2 heterocycles. The molecule has 4 heteroatoms. The Morgan fingerprint density at radius 1 is 1.00 bits per heavy atom. The van der Waals surface area contributed by atoms with Crippen LogP contribution in [0.4, 0.5) is 0 Å². The molecule has 0 aliphatic rings. The van der Waals surface area contributed by atoms with E-state index in [0.29, 0.717) is 11.3 Å². The molecule has 0 aliphatic heterocycles. The number of H-pyrrole nitrogens is 1. The maximum absolute atomic E-state index is 9.91. The summed E-state index contributed by atoms with van der Waals surface area (Å²) < 4.78 is 0.